The van der Waals surface area contributed by atoms with Gasteiger partial charge in [0.15, 0.2) is 5.76 Å². The molecule has 1 aliphatic heterocycles. The highest BCUT2D eigenvalue weighted by atomic mass is 16.5. The highest BCUT2D eigenvalue weighted by molar-refractivity contribution is 5.79. The molecule has 0 atom stereocenters. The van der Waals surface area contributed by atoms with Crippen LogP contribution >= 0.6 is 0 Å². The Bertz CT molecular complexity index is 447. The summed E-state index contributed by atoms with van der Waals surface area (Å²) >= 11 is 0. The average molecular weight is 248 g/mol. The van der Waals surface area contributed by atoms with Crippen molar-refractivity contribution in [3.63, 3.8) is 0 Å². The second kappa shape index (κ2) is 4.75. The first kappa shape index (κ1) is 11.8. The lowest BCUT2D eigenvalue weighted by molar-refractivity contribution is -0.137. The second-order valence-electron chi connectivity index (χ2n) is 5.51. The molecule has 0 unspecified atom stereocenters. The molecule has 1 aromatic heterocycles. The molecule has 1 fully saturated rings. The summed E-state index contributed by atoms with van der Waals surface area (Å²) < 4.78 is 5.31. The fourth-order valence-electron chi connectivity index (χ4n) is 3.18. The molecule has 0 bridgehead atoms. The number of fused-ring (bicyclic) bond motifs is 1. The van der Waals surface area contributed by atoms with Gasteiger partial charge in [-0.05, 0) is 26.2 Å². The molecule has 0 N–H and O–H groups in total. The Hall–Kier alpha value is -1.32. The van der Waals surface area contributed by atoms with Crippen LogP contribution in [0.4, 0.5) is 0 Å². The first-order chi connectivity index (χ1) is 8.75. The molecule has 4 nitrogen and oxygen atoms in total. The molecule has 0 aromatic carbocycles. The minimum Gasteiger partial charge on any atom is -0.359 e. The molecule has 18 heavy (non-hydrogen) atoms. The number of carbonyl (C=O) groups is 1. The fraction of sp³-hybridized carbons (Fsp3) is 0.714. The van der Waals surface area contributed by atoms with E-state index in [-0.39, 0.29) is 5.92 Å². The van der Waals surface area contributed by atoms with Gasteiger partial charge in [-0.3, -0.25) is 4.79 Å². The van der Waals surface area contributed by atoms with Crippen LogP contribution in [0.3, 0.4) is 0 Å². The topological polar surface area (TPSA) is 46.3 Å². The highest BCUT2D eigenvalue weighted by Gasteiger charge is 2.30. The normalized spacial score (nSPS) is 20.8. The molecular weight excluding hydrogens is 228 g/mol. The van der Waals surface area contributed by atoms with Gasteiger partial charge in [-0.25, -0.2) is 0 Å². The van der Waals surface area contributed by atoms with Crippen LogP contribution in [0.25, 0.3) is 0 Å². The van der Waals surface area contributed by atoms with Crippen molar-refractivity contribution in [3.05, 3.63) is 17.0 Å². The third kappa shape index (κ3) is 2.04. The van der Waals surface area contributed by atoms with E-state index in [1.807, 2.05) is 11.8 Å². The van der Waals surface area contributed by atoms with E-state index in [0.29, 0.717) is 12.5 Å². The van der Waals surface area contributed by atoms with Crippen LogP contribution in [0.15, 0.2) is 4.52 Å². The Balaban J connectivity index is 1.69. The van der Waals surface area contributed by atoms with Crippen molar-refractivity contribution in [3.8, 4) is 0 Å². The average Bonchev–Trinajstić information content (AvgIpc) is 2.80. The summed E-state index contributed by atoms with van der Waals surface area (Å²) in [6, 6.07) is 0. The van der Waals surface area contributed by atoms with Crippen LogP contribution in [0, 0.1) is 12.8 Å². The maximum atomic E-state index is 12.4. The van der Waals surface area contributed by atoms with E-state index in [4.69, 9.17) is 4.52 Å². The molecule has 0 saturated heterocycles. The first-order valence-electron chi connectivity index (χ1n) is 6.98. The third-order valence-electron chi connectivity index (χ3n) is 4.30. The molecule has 0 spiro atoms. The van der Waals surface area contributed by atoms with Gasteiger partial charge in [-0.15, -0.1) is 0 Å². The number of rotatable bonds is 1. The van der Waals surface area contributed by atoms with Crippen molar-refractivity contribution in [2.75, 3.05) is 6.54 Å². The lowest BCUT2D eigenvalue weighted by atomic mass is 9.88. The summed E-state index contributed by atoms with van der Waals surface area (Å²) in [6.07, 6.45) is 6.72. The zero-order chi connectivity index (χ0) is 12.5. The number of nitrogens with zero attached hydrogens (tertiary/aromatic N) is 2. The van der Waals surface area contributed by atoms with E-state index < -0.39 is 0 Å². The zero-order valence-electron chi connectivity index (χ0n) is 10.9. The Morgan fingerprint density at radius 3 is 2.89 bits per heavy atom. The van der Waals surface area contributed by atoms with Crippen LogP contribution in [0.5, 0.6) is 0 Å². The van der Waals surface area contributed by atoms with Gasteiger partial charge in [0.05, 0.1) is 12.2 Å². The van der Waals surface area contributed by atoms with Gasteiger partial charge in [-0.1, -0.05) is 24.4 Å². The van der Waals surface area contributed by atoms with Crippen LogP contribution < -0.4 is 0 Å². The van der Waals surface area contributed by atoms with Crippen molar-refractivity contribution < 1.29 is 9.32 Å². The molecule has 1 aromatic rings. The van der Waals surface area contributed by atoms with E-state index in [9.17, 15) is 4.79 Å². The lowest BCUT2D eigenvalue weighted by Crippen LogP contribution is -2.40. The quantitative estimate of drug-likeness (QED) is 0.767. The Kier molecular flexibility index (Phi) is 3.10. The van der Waals surface area contributed by atoms with Crippen molar-refractivity contribution in [2.24, 2.45) is 5.92 Å². The van der Waals surface area contributed by atoms with Crippen LogP contribution in [-0.2, 0) is 17.8 Å². The van der Waals surface area contributed by atoms with E-state index in [2.05, 4.69) is 5.16 Å². The number of hydrogen-bond acceptors (Lipinski definition) is 3. The van der Waals surface area contributed by atoms with Crippen molar-refractivity contribution in [1.82, 2.24) is 10.1 Å². The molecule has 1 saturated carbocycles. The molecule has 1 aliphatic carbocycles. The molecule has 2 aliphatic rings. The minimum atomic E-state index is 0.254. The molecule has 98 valence electrons. The molecular formula is C14H20N2O2. The predicted octanol–water partition coefficient (Wildman–Crippen LogP) is 2.45. The van der Waals surface area contributed by atoms with Crippen LogP contribution in [-0.4, -0.2) is 22.5 Å². The van der Waals surface area contributed by atoms with Gasteiger partial charge in [-0.2, -0.15) is 0 Å². The Morgan fingerprint density at radius 1 is 1.33 bits per heavy atom. The van der Waals surface area contributed by atoms with Crippen molar-refractivity contribution >= 4 is 5.91 Å². The van der Waals surface area contributed by atoms with Crippen molar-refractivity contribution in [1.29, 1.82) is 0 Å². The summed E-state index contributed by atoms with van der Waals surface area (Å²) in [5.41, 5.74) is 2.19. The summed E-state index contributed by atoms with van der Waals surface area (Å²) in [5, 5.41) is 3.99. The van der Waals surface area contributed by atoms with E-state index in [1.165, 1.54) is 24.8 Å². The standard InChI is InChI=1S/C14H20N2O2/c1-10-12-7-8-16(9-13(12)18-15-10)14(17)11-5-3-2-4-6-11/h11H,2-9H2,1H3. The zero-order valence-corrected chi connectivity index (χ0v) is 10.9. The van der Waals surface area contributed by atoms with E-state index in [1.54, 1.807) is 0 Å². The fourth-order valence-corrected chi connectivity index (χ4v) is 3.18. The monoisotopic (exact) mass is 248 g/mol. The van der Waals surface area contributed by atoms with Gasteiger partial charge >= 0.3 is 0 Å². The third-order valence-corrected chi connectivity index (χ3v) is 4.30. The number of aryl methyl sites for hydroxylation is 1. The van der Waals surface area contributed by atoms with Gasteiger partial charge in [0, 0.05) is 18.0 Å². The first-order valence-corrected chi connectivity index (χ1v) is 6.98. The summed E-state index contributed by atoms with van der Waals surface area (Å²) in [4.78, 5) is 14.4. The molecule has 4 heteroatoms. The summed E-state index contributed by atoms with van der Waals surface area (Å²) in [7, 11) is 0. The second-order valence-corrected chi connectivity index (χ2v) is 5.51. The lowest BCUT2D eigenvalue weighted by Gasteiger charge is -2.31. The van der Waals surface area contributed by atoms with Gasteiger partial charge < -0.3 is 9.42 Å². The number of hydrogen-bond donors (Lipinski definition) is 0. The molecule has 0 radical (unpaired) electrons. The number of aromatic nitrogens is 1. The summed E-state index contributed by atoms with van der Waals surface area (Å²) in [6.45, 7) is 3.41. The van der Waals surface area contributed by atoms with Crippen molar-refractivity contribution in [2.45, 2.75) is 52.0 Å². The SMILES string of the molecule is Cc1noc2c1CCN(C(=O)C1CCCCC1)C2. The van der Waals surface area contributed by atoms with Gasteiger partial charge in [0.25, 0.3) is 0 Å². The van der Waals surface area contributed by atoms with Gasteiger partial charge in [0.1, 0.15) is 0 Å². The molecule has 2 heterocycles. The number of amides is 1. The minimum absolute atomic E-state index is 0.254. The maximum Gasteiger partial charge on any atom is 0.226 e. The van der Waals surface area contributed by atoms with Crippen LogP contribution in [0.1, 0.15) is 49.1 Å². The Labute approximate surface area is 107 Å². The smallest absolute Gasteiger partial charge is 0.226 e. The molecule has 1 amide bonds. The summed E-state index contributed by atoms with van der Waals surface area (Å²) in [5.74, 6) is 1.47. The number of carbonyl (C=O) groups excluding carboxylic acids is 1. The molecule has 3 rings (SSSR count). The highest BCUT2D eigenvalue weighted by Crippen LogP contribution is 2.28. The van der Waals surface area contributed by atoms with E-state index >= 15 is 0 Å². The van der Waals surface area contributed by atoms with Gasteiger partial charge in [0.2, 0.25) is 5.91 Å². The Morgan fingerprint density at radius 2 is 2.11 bits per heavy atom. The van der Waals surface area contributed by atoms with Crippen LogP contribution in [0.2, 0.25) is 0 Å². The van der Waals surface area contributed by atoms with E-state index in [0.717, 1.165) is 37.3 Å². The largest absolute Gasteiger partial charge is 0.359 e. The maximum absolute atomic E-state index is 12.4. The predicted molar refractivity (Wildman–Crippen MR) is 66.9 cm³/mol.